The summed E-state index contributed by atoms with van der Waals surface area (Å²) in [4.78, 5) is 146. The molecule has 12 amide bonds. The standard InChI is InChI=1S/4C14H16N2O5.2Rh/c4*1-20-11(9-6-4-3-5-7-9)12(17)16-8-10(13(18)21-2)15-14(16)19;;/h4*3-7,10-11H,8H2,1-2H3,(H,15,19);;/q;;;;2*+2/p-4/t4*10-,11+;;/m0000../s1. The summed E-state index contributed by atoms with van der Waals surface area (Å²) in [5.74, 6) is -4.79. The first kappa shape index (κ1) is 71.9. The van der Waals surface area contributed by atoms with Gasteiger partial charge in [-0.15, -0.1) is 0 Å². The van der Waals surface area contributed by atoms with Gasteiger partial charge in [0, 0.05) is 28.4 Å². The van der Waals surface area contributed by atoms with E-state index in [2.05, 4.69) is 40.2 Å². The van der Waals surface area contributed by atoms with Crippen molar-refractivity contribution in [2.45, 2.75) is 48.6 Å². The Morgan fingerprint density at radius 3 is 0.628 bits per heavy atom. The Morgan fingerprint density at radius 2 is 0.488 bits per heavy atom. The van der Waals surface area contributed by atoms with Crippen LogP contribution in [-0.2, 0) is 115 Å². The van der Waals surface area contributed by atoms with Gasteiger partial charge in [0.2, 0.25) is 0 Å². The van der Waals surface area contributed by atoms with E-state index in [0.717, 1.165) is 19.6 Å². The molecule has 0 N–H and O–H groups in total. The summed E-state index contributed by atoms with van der Waals surface area (Å²) in [5.41, 5.74) is 2.50. The quantitative estimate of drug-likeness (QED) is 0.0809. The number of hydrogen-bond donors (Lipinski definition) is 0. The number of imide groups is 4. The number of carbonyl (C=O) groups is 12. The molecule has 4 heterocycles. The maximum Gasteiger partial charge on any atom is 2.00 e. The molecule has 4 aromatic carbocycles. The van der Waals surface area contributed by atoms with Crippen LogP contribution >= 0.6 is 0 Å². The number of nitrogens with zero attached hydrogens (tertiary/aromatic N) is 8. The molecule has 0 aliphatic carbocycles. The minimum atomic E-state index is -0.972. The van der Waals surface area contributed by atoms with Crippen molar-refractivity contribution in [3.8, 4) is 0 Å². The maximum atomic E-state index is 12.4. The summed E-state index contributed by atoms with van der Waals surface area (Å²) in [6, 6.07) is 28.2. The number of carbonyl (C=O) groups excluding carboxylic acids is 12. The van der Waals surface area contributed by atoms with Crippen molar-refractivity contribution in [2.24, 2.45) is 0 Å². The molecule has 28 nitrogen and oxygen atoms in total. The van der Waals surface area contributed by atoms with Crippen LogP contribution in [0.5, 0.6) is 0 Å². The fourth-order valence-corrected chi connectivity index (χ4v) is 8.36. The molecule has 4 aliphatic heterocycles. The number of ether oxygens (including phenoxy) is 8. The topological polar surface area (TPSA) is 348 Å². The van der Waals surface area contributed by atoms with E-state index in [9.17, 15) is 57.5 Å². The van der Waals surface area contributed by atoms with E-state index in [-0.39, 0.29) is 65.1 Å². The molecule has 0 saturated carbocycles. The predicted molar refractivity (Wildman–Crippen MR) is 290 cm³/mol. The van der Waals surface area contributed by atoms with Crippen molar-refractivity contribution in [3.63, 3.8) is 0 Å². The summed E-state index contributed by atoms with van der Waals surface area (Å²) < 4.78 is 38.8. The maximum absolute atomic E-state index is 12.4. The second kappa shape index (κ2) is 35.2. The third-order valence-corrected chi connectivity index (χ3v) is 12.6. The first-order chi connectivity index (χ1) is 40.3. The van der Waals surface area contributed by atoms with Crippen LogP contribution in [0, 0.1) is 0 Å². The van der Waals surface area contributed by atoms with Crippen molar-refractivity contribution >= 4 is 71.6 Å². The van der Waals surface area contributed by atoms with E-state index < -0.39 is 120 Å². The molecule has 0 bridgehead atoms. The van der Waals surface area contributed by atoms with Gasteiger partial charge < -0.3 is 78.8 Å². The molecule has 0 aromatic heterocycles. The fourth-order valence-electron chi connectivity index (χ4n) is 8.36. The Morgan fingerprint density at radius 1 is 0.326 bits per heavy atom. The minimum absolute atomic E-state index is 0. The van der Waals surface area contributed by atoms with Crippen molar-refractivity contribution < 1.29 is 134 Å². The summed E-state index contributed by atoms with van der Waals surface area (Å²) in [6.07, 6.45) is -3.66. The van der Waals surface area contributed by atoms with Crippen LogP contribution in [-0.4, -0.2) is 198 Å². The number of esters is 4. The van der Waals surface area contributed by atoms with Gasteiger partial charge in [-0.1, -0.05) is 121 Å². The largest absolute Gasteiger partial charge is 2.00 e. The molecule has 0 unspecified atom stereocenters. The zero-order valence-electron chi connectivity index (χ0n) is 47.4. The first-order valence-electron chi connectivity index (χ1n) is 25.2. The Hall–Kier alpha value is -8.39. The van der Waals surface area contributed by atoms with Gasteiger partial charge in [0.1, 0.15) is 24.4 Å². The van der Waals surface area contributed by atoms with Gasteiger partial charge in [0.25, 0.3) is 0 Å². The molecule has 30 heteroatoms. The second-order valence-electron chi connectivity index (χ2n) is 17.7. The Balaban J connectivity index is 0.000000298. The van der Waals surface area contributed by atoms with E-state index in [1.807, 2.05) is 24.3 Å². The molecular weight excluding hydrogens is 1310 g/mol. The van der Waals surface area contributed by atoms with Crippen molar-refractivity contribution in [3.05, 3.63) is 165 Å². The number of benzene rings is 4. The van der Waals surface area contributed by atoms with Gasteiger partial charge in [-0.05, 0) is 48.4 Å². The van der Waals surface area contributed by atoms with Gasteiger partial charge in [-0.25, -0.2) is 0 Å². The Bertz CT molecular complexity index is 2590. The van der Waals surface area contributed by atoms with Crippen LogP contribution in [0.15, 0.2) is 121 Å². The number of rotatable bonds is 16. The van der Waals surface area contributed by atoms with Crippen LogP contribution < -0.4 is 0 Å². The van der Waals surface area contributed by atoms with E-state index in [0.29, 0.717) is 22.3 Å². The van der Waals surface area contributed by atoms with Gasteiger partial charge in [0.05, 0.1) is 52.6 Å². The number of hydrogen-bond acceptors (Lipinski definition) is 20. The normalized spacial score (nSPS) is 18.6. The second-order valence-corrected chi connectivity index (χ2v) is 17.7. The zero-order valence-corrected chi connectivity index (χ0v) is 50.7. The van der Waals surface area contributed by atoms with Crippen LogP contribution in [0.25, 0.3) is 21.3 Å². The third-order valence-electron chi connectivity index (χ3n) is 12.6. The molecule has 2 radical (unpaired) electrons. The van der Waals surface area contributed by atoms with Gasteiger partial charge in [-0.2, -0.15) is 0 Å². The SMILES string of the molecule is COC(=O)[C@@H]1CN(C(=O)[C@H](OC)c2ccccc2)C(=O)[N-]1.COC(=O)[C@@H]1CN(C(=O)[C@H](OC)c2ccccc2)C(=O)[N-]1.COC(=O)[C@@H]1CN(C(=O)[C@H](OC)c2ccccc2)C(=O)[N-]1.COC(=O)[C@@H]1CN(C(=O)[C@H](OC)c2ccccc2)C(=O)[N-]1.[Rh+2].[Rh+2]. The molecule has 86 heavy (non-hydrogen) atoms. The summed E-state index contributed by atoms with van der Waals surface area (Å²) in [7, 11) is 10.3. The fraction of sp³-hybridized carbons (Fsp3) is 0.357. The number of urea groups is 4. The molecule has 462 valence electrons. The average Bonchev–Trinajstić information content (AvgIpc) is 4.10. The van der Waals surface area contributed by atoms with Gasteiger partial charge >= 0.3 is 62.8 Å². The van der Waals surface area contributed by atoms with E-state index in [4.69, 9.17) is 18.9 Å². The molecule has 8 rings (SSSR count). The van der Waals surface area contributed by atoms with E-state index >= 15 is 0 Å². The number of amides is 12. The average molecular weight is 1370 g/mol. The summed E-state index contributed by atoms with van der Waals surface area (Å²) in [6.45, 7) is -0.512. The molecular formula is C56H60N8O20Rh2. The van der Waals surface area contributed by atoms with Crippen LogP contribution in [0.2, 0.25) is 0 Å². The third kappa shape index (κ3) is 18.3. The molecule has 4 aromatic rings. The van der Waals surface area contributed by atoms with Crippen molar-refractivity contribution in [1.82, 2.24) is 19.6 Å². The summed E-state index contributed by atoms with van der Waals surface area (Å²) >= 11 is 0. The van der Waals surface area contributed by atoms with Crippen LogP contribution in [0.1, 0.15) is 46.7 Å². The molecule has 0 spiro atoms. The minimum Gasteiger partial charge on any atom is -0.469 e. The van der Waals surface area contributed by atoms with Gasteiger partial charge in [-0.3, -0.25) is 57.5 Å². The molecule has 4 fully saturated rings. The van der Waals surface area contributed by atoms with E-state index in [1.165, 1.54) is 56.9 Å². The zero-order chi connectivity index (χ0) is 61.6. The van der Waals surface area contributed by atoms with Crippen LogP contribution in [0.3, 0.4) is 0 Å². The molecule has 4 aliphatic rings. The number of methoxy groups -OCH3 is 8. The molecule has 8 atom stereocenters. The van der Waals surface area contributed by atoms with Crippen LogP contribution in [0.4, 0.5) is 19.2 Å². The smallest absolute Gasteiger partial charge is 0.469 e. The van der Waals surface area contributed by atoms with Gasteiger partial charge in [0.15, 0.2) is 47.8 Å². The monoisotopic (exact) mass is 1370 g/mol. The Kier molecular flexibility index (Phi) is 29.4. The van der Waals surface area contributed by atoms with Crippen molar-refractivity contribution in [1.29, 1.82) is 0 Å². The van der Waals surface area contributed by atoms with E-state index in [1.54, 1.807) is 97.1 Å². The first-order valence-corrected chi connectivity index (χ1v) is 25.2. The predicted octanol–water partition coefficient (Wildman–Crippen LogP) is 5.00. The molecule has 4 saturated heterocycles. The Labute approximate surface area is 519 Å². The van der Waals surface area contributed by atoms with Crippen molar-refractivity contribution in [2.75, 3.05) is 83.1 Å². The summed E-state index contributed by atoms with van der Waals surface area (Å²) in [5, 5.41) is 14.4.